The van der Waals surface area contributed by atoms with E-state index in [1.807, 2.05) is 27.7 Å². The van der Waals surface area contributed by atoms with Gasteiger partial charge in [0.15, 0.2) is 0 Å². The maximum absolute atomic E-state index is 12.3. The molecule has 0 bridgehead atoms. The van der Waals surface area contributed by atoms with Gasteiger partial charge in [-0.2, -0.15) is 0 Å². The molecule has 0 radical (unpaired) electrons. The number of nitrogens with two attached hydrogens (primary N) is 1. The van der Waals surface area contributed by atoms with Gasteiger partial charge in [0.2, 0.25) is 0 Å². The summed E-state index contributed by atoms with van der Waals surface area (Å²) in [6.07, 6.45) is 4.54. The van der Waals surface area contributed by atoms with E-state index in [4.69, 9.17) is 15.0 Å². The normalized spacial score (nSPS) is 20.8. The molecular weight excluding hydrogens is 369 g/mol. The van der Waals surface area contributed by atoms with Gasteiger partial charge in [-0.05, 0) is 58.9 Å². The molecule has 0 saturated carbocycles. The van der Waals surface area contributed by atoms with Crippen LogP contribution in [0.2, 0.25) is 0 Å². The first kappa shape index (κ1) is 21.3. The standard InChI is InChI=1S/C21H28BN3O4/c1-20(2)21(3,4)29-22(28-20)15(13-23)14-24-11-7-8-12-25-18(26)16-9-5-6-10-17(16)19(25)27/h5-6,9-10,13-14H,7-8,11-12,23H2,1-4H3. The Hall–Kier alpha value is -2.45. The smallest absolute Gasteiger partial charge is 0.405 e. The third-order valence-electron chi connectivity index (χ3n) is 5.76. The third kappa shape index (κ3) is 4.14. The number of imide groups is 1. The number of carbonyl (C=O) groups excluding carboxylic acids is 2. The molecule has 2 aliphatic rings. The highest BCUT2D eigenvalue weighted by molar-refractivity contribution is 6.60. The van der Waals surface area contributed by atoms with Gasteiger partial charge >= 0.3 is 7.12 Å². The Kier molecular flexibility index (Phi) is 5.96. The van der Waals surface area contributed by atoms with Crippen molar-refractivity contribution in [3.05, 3.63) is 47.1 Å². The molecule has 0 aromatic heterocycles. The summed E-state index contributed by atoms with van der Waals surface area (Å²) in [7, 11) is -0.549. The largest absolute Gasteiger partial charge is 0.497 e. The Balaban J connectivity index is 1.46. The highest BCUT2D eigenvalue weighted by Gasteiger charge is 2.52. The molecule has 1 fully saturated rings. The number of hydrogen-bond acceptors (Lipinski definition) is 6. The van der Waals surface area contributed by atoms with Crippen molar-refractivity contribution in [2.24, 2.45) is 10.7 Å². The number of benzene rings is 1. The first-order valence-electron chi connectivity index (χ1n) is 9.90. The van der Waals surface area contributed by atoms with Crippen molar-refractivity contribution in [2.75, 3.05) is 13.1 Å². The Morgan fingerprint density at radius 1 is 1.07 bits per heavy atom. The molecule has 7 nitrogen and oxygen atoms in total. The van der Waals surface area contributed by atoms with Crippen LogP contribution in [-0.2, 0) is 9.31 Å². The number of carbonyl (C=O) groups is 2. The lowest BCUT2D eigenvalue weighted by Crippen LogP contribution is -2.41. The van der Waals surface area contributed by atoms with E-state index in [0.717, 1.165) is 6.42 Å². The van der Waals surface area contributed by atoms with Gasteiger partial charge in [0, 0.05) is 24.8 Å². The van der Waals surface area contributed by atoms with Gasteiger partial charge < -0.3 is 15.0 Å². The van der Waals surface area contributed by atoms with Gasteiger partial charge in [-0.3, -0.25) is 19.5 Å². The van der Waals surface area contributed by atoms with E-state index in [2.05, 4.69) is 4.99 Å². The molecule has 0 aliphatic carbocycles. The fourth-order valence-corrected chi connectivity index (χ4v) is 3.25. The van der Waals surface area contributed by atoms with E-state index in [1.165, 1.54) is 11.1 Å². The molecule has 3 rings (SSSR count). The van der Waals surface area contributed by atoms with Crippen LogP contribution in [0.5, 0.6) is 0 Å². The van der Waals surface area contributed by atoms with Crippen LogP contribution in [-0.4, -0.2) is 54.3 Å². The number of nitrogens with zero attached hydrogens (tertiary/aromatic N) is 2. The monoisotopic (exact) mass is 397 g/mol. The maximum atomic E-state index is 12.3. The molecular formula is C21H28BN3O4. The van der Waals surface area contributed by atoms with Crippen LogP contribution in [0.1, 0.15) is 61.3 Å². The lowest BCUT2D eigenvalue weighted by Gasteiger charge is -2.32. The third-order valence-corrected chi connectivity index (χ3v) is 5.76. The fourth-order valence-electron chi connectivity index (χ4n) is 3.25. The molecule has 0 spiro atoms. The van der Waals surface area contributed by atoms with E-state index in [-0.39, 0.29) is 11.8 Å². The summed E-state index contributed by atoms with van der Waals surface area (Å²) in [6, 6.07) is 6.92. The second-order valence-corrected chi connectivity index (χ2v) is 8.30. The highest BCUT2D eigenvalue weighted by Crippen LogP contribution is 2.38. The lowest BCUT2D eigenvalue weighted by molar-refractivity contribution is 0.00578. The Morgan fingerprint density at radius 3 is 2.14 bits per heavy atom. The highest BCUT2D eigenvalue weighted by atomic mass is 16.7. The van der Waals surface area contributed by atoms with Crippen molar-refractivity contribution in [3.63, 3.8) is 0 Å². The predicted octanol–water partition coefficient (Wildman–Crippen LogP) is 2.61. The summed E-state index contributed by atoms with van der Waals surface area (Å²) in [6.45, 7) is 8.88. The molecule has 1 saturated heterocycles. The predicted molar refractivity (Wildman–Crippen MR) is 113 cm³/mol. The zero-order chi connectivity index (χ0) is 21.2. The van der Waals surface area contributed by atoms with Crippen molar-refractivity contribution < 1.29 is 18.9 Å². The van der Waals surface area contributed by atoms with Crippen LogP contribution >= 0.6 is 0 Å². The topological polar surface area (TPSA) is 94.2 Å². The van der Waals surface area contributed by atoms with E-state index in [9.17, 15) is 9.59 Å². The van der Waals surface area contributed by atoms with E-state index in [1.54, 1.807) is 30.5 Å². The number of allylic oxidation sites excluding steroid dienone is 1. The number of hydrogen-bond donors (Lipinski definition) is 1. The van der Waals surface area contributed by atoms with Crippen LogP contribution < -0.4 is 5.73 Å². The van der Waals surface area contributed by atoms with Crippen LogP contribution in [0.4, 0.5) is 0 Å². The van der Waals surface area contributed by atoms with Gasteiger partial charge in [0.1, 0.15) is 0 Å². The molecule has 2 heterocycles. The van der Waals surface area contributed by atoms with Crippen LogP contribution in [0, 0.1) is 0 Å². The summed E-state index contributed by atoms with van der Waals surface area (Å²) in [5.41, 5.74) is 6.49. The van der Waals surface area contributed by atoms with Gasteiger partial charge in [-0.15, -0.1) is 0 Å². The zero-order valence-electron chi connectivity index (χ0n) is 17.5. The minimum absolute atomic E-state index is 0.219. The van der Waals surface area contributed by atoms with Crippen LogP contribution in [0.3, 0.4) is 0 Å². The van der Waals surface area contributed by atoms with Crippen LogP contribution in [0.25, 0.3) is 0 Å². The van der Waals surface area contributed by atoms with Crippen molar-refractivity contribution in [2.45, 2.75) is 51.7 Å². The molecule has 0 atom stereocenters. The van der Waals surface area contributed by atoms with Crippen molar-refractivity contribution in [1.29, 1.82) is 0 Å². The number of aliphatic imine (C=N–C) groups is 1. The number of unbranched alkanes of at least 4 members (excludes halogenated alkanes) is 1. The van der Waals surface area contributed by atoms with Gasteiger partial charge in [-0.25, -0.2) is 0 Å². The van der Waals surface area contributed by atoms with E-state index in [0.29, 0.717) is 36.1 Å². The van der Waals surface area contributed by atoms with Crippen molar-refractivity contribution in [1.82, 2.24) is 4.90 Å². The van der Waals surface area contributed by atoms with Crippen molar-refractivity contribution >= 4 is 25.1 Å². The minimum Gasteiger partial charge on any atom is -0.405 e. The second kappa shape index (κ2) is 8.12. The molecule has 8 heteroatoms. The molecule has 0 unspecified atom stereocenters. The summed E-state index contributed by atoms with van der Waals surface area (Å²) >= 11 is 0. The Labute approximate surface area is 172 Å². The van der Waals surface area contributed by atoms with E-state index >= 15 is 0 Å². The zero-order valence-corrected chi connectivity index (χ0v) is 17.5. The summed E-state index contributed by atoms with van der Waals surface area (Å²) in [4.78, 5) is 30.4. The number of rotatable bonds is 7. The van der Waals surface area contributed by atoms with Gasteiger partial charge in [0.25, 0.3) is 11.8 Å². The van der Waals surface area contributed by atoms with Crippen molar-refractivity contribution in [3.8, 4) is 0 Å². The Bertz CT molecular complexity index is 812. The summed E-state index contributed by atoms with van der Waals surface area (Å²) in [5.74, 6) is -0.438. The fraction of sp³-hybridized carbons (Fsp3) is 0.476. The SMILES string of the molecule is CC1(C)OB(C(C=NCCCCN2C(=O)c3ccccc3C2=O)=CN)OC1(C)C. The Morgan fingerprint density at radius 2 is 1.62 bits per heavy atom. The maximum Gasteiger partial charge on any atom is 0.497 e. The molecule has 2 amide bonds. The summed E-state index contributed by atoms with van der Waals surface area (Å²) in [5, 5.41) is 0. The van der Waals surface area contributed by atoms with Gasteiger partial charge in [-0.1, -0.05) is 12.1 Å². The molecule has 2 N–H and O–H groups in total. The first-order valence-corrected chi connectivity index (χ1v) is 9.90. The van der Waals surface area contributed by atoms with Gasteiger partial charge in [0.05, 0.1) is 22.3 Å². The molecule has 154 valence electrons. The average molecular weight is 397 g/mol. The average Bonchev–Trinajstić information content (AvgIpc) is 3.04. The van der Waals surface area contributed by atoms with Crippen LogP contribution in [0.15, 0.2) is 40.9 Å². The van der Waals surface area contributed by atoms with E-state index < -0.39 is 18.3 Å². The molecule has 29 heavy (non-hydrogen) atoms. The summed E-state index contributed by atoms with van der Waals surface area (Å²) < 4.78 is 11.9. The second-order valence-electron chi connectivity index (χ2n) is 8.30. The minimum atomic E-state index is -0.549. The number of fused-ring (bicyclic) bond motifs is 1. The lowest BCUT2D eigenvalue weighted by atomic mass is 9.79. The molecule has 1 aromatic rings. The first-order chi connectivity index (χ1) is 13.7. The number of amides is 2. The molecule has 1 aromatic carbocycles. The quantitative estimate of drug-likeness (QED) is 0.330. The molecule has 2 aliphatic heterocycles.